The van der Waals surface area contributed by atoms with Crippen molar-refractivity contribution in [2.24, 2.45) is 0 Å². The summed E-state index contributed by atoms with van der Waals surface area (Å²) in [5.41, 5.74) is -0.385. The first-order chi connectivity index (χ1) is 13.8. The quantitative estimate of drug-likeness (QED) is 0.680. The van der Waals surface area contributed by atoms with Crippen LogP contribution in [0.25, 0.3) is 22.2 Å². The summed E-state index contributed by atoms with van der Waals surface area (Å²) in [6.07, 6.45) is 4.46. The van der Waals surface area contributed by atoms with Crippen LogP contribution in [0.5, 0.6) is 0 Å². The molecule has 8 nitrogen and oxygen atoms in total. The molecule has 0 aromatic carbocycles. The number of alkyl halides is 2. The molecule has 10 heteroatoms. The van der Waals surface area contributed by atoms with Gasteiger partial charge in [-0.25, -0.2) is 14.8 Å². The van der Waals surface area contributed by atoms with Crippen LogP contribution in [0.1, 0.15) is 40.3 Å². The molecule has 0 saturated heterocycles. The highest BCUT2D eigenvalue weighted by atomic mass is 19.3. The normalized spacial score (nSPS) is 12.1. The SMILES string of the molecule is CC(=O)Nc1cc2c(-c3cncc(C(C)(F)F)n3)cn(C(=O)OC(C)(C)C)c2cn1. The molecule has 0 radical (unpaired) electrons. The Morgan fingerprint density at radius 2 is 1.83 bits per heavy atom. The lowest BCUT2D eigenvalue weighted by Gasteiger charge is -2.19. The molecular weight excluding hydrogens is 396 g/mol. The lowest BCUT2D eigenvalue weighted by Crippen LogP contribution is -2.26. The van der Waals surface area contributed by atoms with Gasteiger partial charge >= 0.3 is 6.09 Å². The lowest BCUT2D eigenvalue weighted by atomic mass is 10.1. The van der Waals surface area contributed by atoms with Crippen molar-refractivity contribution in [2.75, 3.05) is 5.32 Å². The number of halogens is 2. The fraction of sp³-hybridized carbons (Fsp3) is 0.350. The van der Waals surface area contributed by atoms with E-state index in [1.54, 1.807) is 20.8 Å². The van der Waals surface area contributed by atoms with Crippen LogP contribution in [0, 0.1) is 0 Å². The molecule has 3 heterocycles. The Morgan fingerprint density at radius 1 is 1.13 bits per heavy atom. The maximum atomic E-state index is 13.8. The second-order valence-corrected chi connectivity index (χ2v) is 7.84. The summed E-state index contributed by atoms with van der Waals surface area (Å²) >= 11 is 0. The number of nitrogens with zero attached hydrogens (tertiary/aromatic N) is 4. The molecule has 0 unspecified atom stereocenters. The Balaban J connectivity index is 2.22. The molecule has 0 bridgehead atoms. The van der Waals surface area contributed by atoms with E-state index >= 15 is 0 Å². The van der Waals surface area contributed by atoms with Gasteiger partial charge in [0.05, 0.1) is 29.8 Å². The Kier molecular flexibility index (Phi) is 5.27. The van der Waals surface area contributed by atoms with Crippen molar-refractivity contribution in [3.05, 3.63) is 36.5 Å². The zero-order valence-corrected chi connectivity index (χ0v) is 17.2. The number of hydrogen-bond acceptors (Lipinski definition) is 6. The van der Waals surface area contributed by atoms with Crippen LogP contribution in [0.2, 0.25) is 0 Å². The zero-order chi connectivity index (χ0) is 22.3. The largest absolute Gasteiger partial charge is 0.443 e. The first kappa shape index (κ1) is 21.3. The van der Waals surface area contributed by atoms with E-state index in [0.29, 0.717) is 16.5 Å². The summed E-state index contributed by atoms with van der Waals surface area (Å²) < 4.78 is 34.1. The molecule has 1 amide bonds. The number of aromatic nitrogens is 4. The van der Waals surface area contributed by atoms with Crippen molar-refractivity contribution in [3.63, 3.8) is 0 Å². The number of ether oxygens (including phenoxy) is 1. The molecule has 0 aliphatic carbocycles. The van der Waals surface area contributed by atoms with E-state index in [4.69, 9.17) is 4.74 Å². The van der Waals surface area contributed by atoms with Crippen molar-refractivity contribution in [3.8, 4) is 11.3 Å². The summed E-state index contributed by atoms with van der Waals surface area (Å²) in [6, 6.07) is 1.53. The van der Waals surface area contributed by atoms with Crippen molar-refractivity contribution in [1.82, 2.24) is 19.5 Å². The van der Waals surface area contributed by atoms with Gasteiger partial charge in [0.25, 0.3) is 5.92 Å². The number of carbonyl (C=O) groups is 2. The van der Waals surface area contributed by atoms with E-state index in [-0.39, 0.29) is 17.4 Å². The van der Waals surface area contributed by atoms with E-state index in [1.807, 2.05) is 0 Å². The minimum Gasteiger partial charge on any atom is -0.443 e. The van der Waals surface area contributed by atoms with Crippen LogP contribution < -0.4 is 5.32 Å². The molecule has 1 N–H and O–H groups in total. The Labute approximate surface area is 171 Å². The van der Waals surface area contributed by atoms with Gasteiger partial charge in [0.2, 0.25) is 5.91 Å². The van der Waals surface area contributed by atoms with Gasteiger partial charge in [0.15, 0.2) is 0 Å². The fourth-order valence-corrected chi connectivity index (χ4v) is 2.75. The predicted molar refractivity (Wildman–Crippen MR) is 106 cm³/mol. The van der Waals surface area contributed by atoms with Crippen LogP contribution in [-0.4, -0.2) is 37.1 Å². The third kappa shape index (κ3) is 4.58. The van der Waals surface area contributed by atoms with Gasteiger partial charge in [-0.05, 0) is 26.8 Å². The van der Waals surface area contributed by atoms with Crippen molar-refractivity contribution in [1.29, 1.82) is 0 Å². The first-order valence-corrected chi connectivity index (χ1v) is 9.08. The molecule has 0 saturated carbocycles. The number of anilines is 1. The second kappa shape index (κ2) is 7.43. The number of pyridine rings is 1. The summed E-state index contributed by atoms with van der Waals surface area (Å²) in [5, 5.41) is 3.02. The molecule has 0 spiro atoms. The molecule has 158 valence electrons. The summed E-state index contributed by atoms with van der Waals surface area (Å²) in [6.45, 7) is 7.23. The van der Waals surface area contributed by atoms with Crippen LogP contribution in [0.4, 0.5) is 19.4 Å². The smallest absolute Gasteiger partial charge is 0.419 e. The molecule has 30 heavy (non-hydrogen) atoms. The van der Waals surface area contributed by atoms with Crippen LogP contribution >= 0.6 is 0 Å². The highest BCUT2D eigenvalue weighted by Gasteiger charge is 2.28. The topological polar surface area (TPSA) is 99.0 Å². The first-order valence-electron chi connectivity index (χ1n) is 9.08. The van der Waals surface area contributed by atoms with E-state index < -0.39 is 23.3 Å². The van der Waals surface area contributed by atoms with Gasteiger partial charge in [-0.2, -0.15) is 8.78 Å². The minimum absolute atomic E-state index is 0.140. The average Bonchev–Trinajstić information content (AvgIpc) is 2.98. The third-order valence-electron chi connectivity index (χ3n) is 3.95. The molecule has 0 atom stereocenters. The third-order valence-corrected chi connectivity index (χ3v) is 3.95. The van der Waals surface area contributed by atoms with Gasteiger partial charge in [-0.3, -0.25) is 14.3 Å². The molecule has 0 fully saturated rings. The number of fused-ring (bicyclic) bond motifs is 1. The number of nitrogens with one attached hydrogen (secondary N) is 1. The van der Waals surface area contributed by atoms with Crippen LogP contribution in [-0.2, 0) is 15.5 Å². The number of rotatable bonds is 3. The maximum absolute atomic E-state index is 13.8. The minimum atomic E-state index is -3.19. The summed E-state index contributed by atoms with van der Waals surface area (Å²) in [7, 11) is 0. The van der Waals surface area contributed by atoms with E-state index in [2.05, 4.69) is 20.3 Å². The molecule has 0 aliphatic heterocycles. The van der Waals surface area contributed by atoms with Gasteiger partial charge in [0, 0.05) is 31.0 Å². The van der Waals surface area contributed by atoms with Gasteiger partial charge in [-0.1, -0.05) is 0 Å². The number of hydrogen-bond donors (Lipinski definition) is 1. The standard InChI is InChI=1S/C20H21F2N5O3/c1-11(28)25-17-6-12-13(14-7-23-9-16(26-14)20(5,21)22)10-27(15(12)8-24-17)18(29)30-19(2,3)4/h6-10H,1-5H3,(H,24,25,28). The molecule has 3 aromatic rings. The molecule has 3 aromatic heterocycles. The zero-order valence-electron chi connectivity index (χ0n) is 17.2. The van der Waals surface area contributed by atoms with Crippen LogP contribution in [0.3, 0.4) is 0 Å². The fourth-order valence-electron chi connectivity index (χ4n) is 2.75. The summed E-state index contributed by atoms with van der Waals surface area (Å²) in [5.74, 6) is -3.28. The summed E-state index contributed by atoms with van der Waals surface area (Å²) in [4.78, 5) is 36.1. The Morgan fingerprint density at radius 3 is 2.43 bits per heavy atom. The van der Waals surface area contributed by atoms with E-state index in [1.165, 1.54) is 36.1 Å². The highest BCUT2D eigenvalue weighted by Crippen LogP contribution is 2.33. The maximum Gasteiger partial charge on any atom is 0.419 e. The second-order valence-electron chi connectivity index (χ2n) is 7.84. The van der Waals surface area contributed by atoms with Crippen molar-refractivity contribution in [2.45, 2.75) is 46.1 Å². The van der Waals surface area contributed by atoms with Crippen molar-refractivity contribution >= 4 is 28.7 Å². The monoisotopic (exact) mass is 417 g/mol. The van der Waals surface area contributed by atoms with Gasteiger partial charge < -0.3 is 10.1 Å². The molecular formula is C20H21F2N5O3. The lowest BCUT2D eigenvalue weighted by molar-refractivity contribution is -0.114. The van der Waals surface area contributed by atoms with Crippen LogP contribution in [0.15, 0.2) is 30.9 Å². The molecule has 0 aliphatic rings. The van der Waals surface area contributed by atoms with E-state index in [0.717, 1.165) is 13.1 Å². The van der Waals surface area contributed by atoms with Gasteiger partial charge in [-0.15, -0.1) is 0 Å². The Bertz CT molecular complexity index is 1130. The number of carbonyl (C=O) groups excluding carboxylic acids is 2. The predicted octanol–water partition coefficient (Wildman–Crippen LogP) is 4.35. The molecule has 3 rings (SSSR count). The highest BCUT2D eigenvalue weighted by molar-refractivity contribution is 6.01. The average molecular weight is 417 g/mol. The van der Waals surface area contributed by atoms with E-state index in [9.17, 15) is 18.4 Å². The Hall–Kier alpha value is -3.43. The number of amides is 1. The van der Waals surface area contributed by atoms with Gasteiger partial charge in [0.1, 0.15) is 17.1 Å². The van der Waals surface area contributed by atoms with Crippen molar-refractivity contribution < 1.29 is 23.1 Å².